The van der Waals surface area contributed by atoms with Gasteiger partial charge in [0.15, 0.2) is 0 Å². The zero-order valence-electron chi connectivity index (χ0n) is 14.2. The standard InChI is InChI=1S/C14H29NO5S2/c1-13(2)9-12(11-21(5,16)17)10-14(3,4)15(13)7-6-8-22(18,19)20/h12H,6-11H2,1-5H3,(H,18,19,20). The Morgan fingerprint density at radius 1 is 1.05 bits per heavy atom. The predicted octanol–water partition coefficient (Wildman–Crippen LogP) is 1.58. The second-order valence-corrected chi connectivity index (χ2v) is 11.5. The topological polar surface area (TPSA) is 91.8 Å². The van der Waals surface area contributed by atoms with Gasteiger partial charge in [-0.2, -0.15) is 8.42 Å². The summed E-state index contributed by atoms with van der Waals surface area (Å²) in [6.45, 7) is 8.83. The minimum absolute atomic E-state index is 0.109. The first-order chi connectivity index (χ1) is 9.62. The highest BCUT2D eigenvalue weighted by Gasteiger charge is 2.45. The Bertz CT molecular complexity index is 575. The molecule has 0 atom stereocenters. The van der Waals surface area contributed by atoms with Crippen molar-refractivity contribution in [3.63, 3.8) is 0 Å². The molecule has 0 bridgehead atoms. The van der Waals surface area contributed by atoms with Crippen LogP contribution in [0.3, 0.4) is 0 Å². The van der Waals surface area contributed by atoms with Crippen LogP contribution in [0.15, 0.2) is 0 Å². The average molecular weight is 356 g/mol. The van der Waals surface area contributed by atoms with Gasteiger partial charge in [-0.05, 0) is 52.9 Å². The van der Waals surface area contributed by atoms with Crippen molar-refractivity contribution >= 4 is 20.0 Å². The van der Waals surface area contributed by atoms with Crippen molar-refractivity contribution in [3.05, 3.63) is 0 Å². The number of nitrogens with zero attached hydrogens (tertiary/aromatic N) is 1. The van der Waals surface area contributed by atoms with Crippen molar-refractivity contribution in [2.75, 3.05) is 24.3 Å². The van der Waals surface area contributed by atoms with Gasteiger partial charge in [0.1, 0.15) is 9.84 Å². The first-order valence-corrected chi connectivity index (χ1v) is 11.2. The molecule has 6 nitrogen and oxygen atoms in total. The van der Waals surface area contributed by atoms with Gasteiger partial charge in [0, 0.05) is 23.9 Å². The summed E-state index contributed by atoms with van der Waals surface area (Å²) in [7, 11) is -6.95. The zero-order valence-corrected chi connectivity index (χ0v) is 15.8. The Labute approximate surface area is 134 Å². The van der Waals surface area contributed by atoms with E-state index < -0.39 is 20.0 Å². The molecule has 22 heavy (non-hydrogen) atoms. The van der Waals surface area contributed by atoms with E-state index in [1.165, 1.54) is 6.26 Å². The molecule has 1 aliphatic rings. The Hall–Kier alpha value is -0.180. The summed E-state index contributed by atoms with van der Waals surface area (Å²) < 4.78 is 53.8. The molecule has 0 radical (unpaired) electrons. The molecule has 1 saturated heterocycles. The molecule has 0 aromatic rings. The van der Waals surface area contributed by atoms with Gasteiger partial charge >= 0.3 is 0 Å². The van der Waals surface area contributed by atoms with E-state index >= 15 is 0 Å². The summed E-state index contributed by atoms with van der Waals surface area (Å²) in [6, 6.07) is 0. The summed E-state index contributed by atoms with van der Waals surface area (Å²) in [5.41, 5.74) is -0.424. The molecule has 0 aromatic carbocycles. The molecule has 1 N–H and O–H groups in total. The first-order valence-electron chi connectivity index (χ1n) is 7.53. The summed E-state index contributed by atoms with van der Waals surface area (Å²) in [6.07, 6.45) is 3.15. The Morgan fingerprint density at radius 2 is 1.50 bits per heavy atom. The molecular formula is C14H29NO5S2. The maximum Gasteiger partial charge on any atom is 0.264 e. The van der Waals surface area contributed by atoms with Gasteiger partial charge in [0.25, 0.3) is 10.1 Å². The molecule has 132 valence electrons. The predicted molar refractivity (Wildman–Crippen MR) is 88.3 cm³/mol. The third-order valence-corrected chi connectivity index (χ3v) is 6.24. The summed E-state index contributed by atoms with van der Waals surface area (Å²) in [4.78, 5) is 2.24. The van der Waals surface area contributed by atoms with Crippen molar-refractivity contribution in [2.45, 2.75) is 58.0 Å². The fourth-order valence-electron chi connectivity index (χ4n) is 4.08. The van der Waals surface area contributed by atoms with E-state index in [0.717, 1.165) is 12.8 Å². The van der Waals surface area contributed by atoms with Crippen LogP contribution in [0.25, 0.3) is 0 Å². The van der Waals surface area contributed by atoms with Gasteiger partial charge in [-0.1, -0.05) is 0 Å². The monoisotopic (exact) mass is 355 g/mol. The van der Waals surface area contributed by atoms with Crippen molar-refractivity contribution in [3.8, 4) is 0 Å². The summed E-state index contributed by atoms with van der Waals surface area (Å²) in [5.74, 6) is 0.0547. The molecule has 8 heteroatoms. The molecule has 0 saturated carbocycles. The number of hydrogen-bond acceptors (Lipinski definition) is 5. The molecule has 0 aliphatic carbocycles. The highest BCUT2D eigenvalue weighted by Crippen LogP contribution is 2.41. The second-order valence-electron chi connectivity index (χ2n) is 7.78. The highest BCUT2D eigenvalue weighted by atomic mass is 32.2. The van der Waals surface area contributed by atoms with Gasteiger partial charge < -0.3 is 0 Å². The molecule has 0 unspecified atom stereocenters. The minimum atomic E-state index is -3.94. The van der Waals surface area contributed by atoms with Crippen LogP contribution >= 0.6 is 0 Å². The molecule has 1 rings (SSSR count). The number of likely N-dealkylation sites (tertiary alicyclic amines) is 1. The number of sulfone groups is 1. The minimum Gasteiger partial charge on any atom is -0.293 e. The fraction of sp³-hybridized carbons (Fsp3) is 1.00. The lowest BCUT2D eigenvalue weighted by Crippen LogP contribution is -2.61. The van der Waals surface area contributed by atoms with E-state index in [4.69, 9.17) is 4.55 Å². The normalized spacial score (nSPS) is 23.5. The van der Waals surface area contributed by atoms with Crippen LogP contribution in [0.1, 0.15) is 47.0 Å². The van der Waals surface area contributed by atoms with Gasteiger partial charge in [-0.25, -0.2) is 8.42 Å². The van der Waals surface area contributed by atoms with Crippen LogP contribution in [-0.2, 0) is 20.0 Å². The third-order valence-electron chi connectivity index (χ3n) is 4.36. The summed E-state index contributed by atoms with van der Waals surface area (Å²) in [5, 5.41) is 0. The SMILES string of the molecule is CC1(C)CC(CS(C)(=O)=O)CC(C)(C)N1CCCS(=O)(=O)O. The Morgan fingerprint density at radius 3 is 1.86 bits per heavy atom. The van der Waals surface area contributed by atoms with E-state index in [0.29, 0.717) is 13.0 Å². The largest absolute Gasteiger partial charge is 0.293 e. The molecule has 0 aromatic heterocycles. The van der Waals surface area contributed by atoms with E-state index in [9.17, 15) is 16.8 Å². The van der Waals surface area contributed by atoms with E-state index in [1.54, 1.807) is 0 Å². The van der Waals surface area contributed by atoms with E-state index in [2.05, 4.69) is 32.6 Å². The van der Waals surface area contributed by atoms with Crippen LogP contribution in [0, 0.1) is 5.92 Å². The first kappa shape index (κ1) is 19.9. The van der Waals surface area contributed by atoms with Crippen molar-refractivity contribution in [1.82, 2.24) is 4.90 Å². The Kier molecular flexibility index (Phi) is 5.76. The molecule has 1 aliphatic heterocycles. The zero-order chi connectivity index (χ0) is 17.4. The van der Waals surface area contributed by atoms with Crippen molar-refractivity contribution in [2.24, 2.45) is 5.92 Å². The smallest absolute Gasteiger partial charge is 0.264 e. The number of rotatable bonds is 6. The molecule has 0 amide bonds. The van der Waals surface area contributed by atoms with Crippen LogP contribution in [-0.4, -0.2) is 61.7 Å². The van der Waals surface area contributed by atoms with E-state index in [1.807, 2.05) is 0 Å². The van der Waals surface area contributed by atoms with Gasteiger partial charge in [0.2, 0.25) is 0 Å². The number of piperidine rings is 1. The van der Waals surface area contributed by atoms with Crippen molar-refractivity contribution in [1.29, 1.82) is 0 Å². The van der Waals surface area contributed by atoms with Gasteiger partial charge in [-0.15, -0.1) is 0 Å². The van der Waals surface area contributed by atoms with Gasteiger partial charge in [0.05, 0.1) is 11.5 Å². The Balaban J connectivity index is 2.83. The number of hydrogen-bond donors (Lipinski definition) is 1. The molecule has 0 spiro atoms. The average Bonchev–Trinajstić information content (AvgIpc) is 2.16. The summed E-state index contributed by atoms with van der Waals surface area (Å²) >= 11 is 0. The lowest BCUT2D eigenvalue weighted by atomic mass is 9.74. The van der Waals surface area contributed by atoms with Crippen LogP contribution in [0.5, 0.6) is 0 Å². The third kappa shape index (κ3) is 6.14. The maximum atomic E-state index is 11.6. The molecular weight excluding hydrogens is 326 g/mol. The maximum absolute atomic E-state index is 11.6. The van der Waals surface area contributed by atoms with Crippen LogP contribution < -0.4 is 0 Å². The van der Waals surface area contributed by atoms with Crippen molar-refractivity contribution < 1.29 is 21.4 Å². The molecule has 1 heterocycles. The van der Waals surface area contributed by atoms with Crippen LogP contribution in [0.4, 0.5) is 0 Å². The fourth-order valence-corrected chi connectivity index (χ4v) is 5.67. The molecule has 1 fully saturated rings. The van der Waals surface area contributed by atoms with Crippen LogP contribution in [0.2, 0.25) is 0 Å². The lowest BCUT2D eigenvalue weighted by Gasteiger charge is -2.55. The highest BCUT2D eigenvalue weighted by molar-refractivity contribution is 7.90. The lowest BCUT2D eigenvalue weighted by molar-refractivity contribution is -0.0465. The second kappa shape index (κ2) is 6.37. The van der Waals surface area contributed by atoms with Gasteiger partial charge in [-0.3, -0.25) is 9.45 Å². The quantitative estimate of drug-likeness (QED) is 0.727. The van der Waals surface area contributed by atoms with E-state index in [-0.39, 0.29) is 28.5 Å².